The normalized spacial score (nSPS) is 10.6. The van der Waals surface area contributed by atoms with Crippen molar-refractivity contribution >= 4 is 23.4 Å². The summed E-state index contributed by atoms with van der Waals surface area (Å²) in [6, 6.07) is 15.5. The van der Waals surface area contributed by atoms with Crippen molar-refractivity contribution in [3.05, 3.63) is 59.1 Å². The first kappa shape index (κ1) is 14.9. The molecular weight excluding hydrogens is 318 g/mol. The number of nitrogens with zero attached hydrogens (tertiary/aromatic N) is 2. The third-order valence-corrected chi connectivity index (χ3v) is 4.26. The Hall–Kier alpha value is -1.98. The highest BCUT2D eigenvalue weighted by atomic mass is 35.5. The predicted molar refractivity (Wildman–Crippen MR) is 89.4 cm³/mol. The average Bonchev–Trinajstić information content (AvgIpc) is 3.03. The second-order valence-corrected chi connectivity index (χ2v) is 5.99. The van der Waals surface area contributed by atoms with Crippen molar-refractivity contribution in [3.8, 4) is 17.1 Å². The lowest BCUT2D eigenvalue weighted by Gasteiger charge is -2.02. The van der Waals surface area contributed by atoms with Gasteiger partial charge in [0.25, 0.3) is 0 Å². The number of benzene rings is 2. The van der Waals surface area contributed by atoms with Crippen LogP contribution in [0.25, 0.3) is 11.4 Å². The minimum atomic E-state index is 0.705. The van der Waals surface area contributed by atoms with Crippen molar-refractivity contribution in [3.63, 3.8) is 0 Å². The summed E-state index contributed by atoms with van der Waals surface area (Å²) in [5.74, 6) is 2.38. The summed E-state index contributed by atoms with van der Waals surface area (Å²) >= 11 is 7.46. The zero-order valence-corrected chi connectivity index (χ0v) is 13.5. The number of halogens is 1. The first-order valence-corrected chi connectivity index (χ1v) is 8.05. The summed E-state index contributed by atoms with van der Waals surface area (Å²) in [5.41, 5.74) is 2.13. The van der Waals surface area contributed by atoms with Crippen molar-refractivity contribution in [1.82, 2.24) is 15.2 Å². The van der Waals surface area contributed by atoms with Crippen LogP contribution in [-0.2, 0) is 5.75 Å². The highest BCUT2D eigenvalue weighted by molar-refractivity contribution is 7.98. The smallest absolute Gasteiger partial charge is 0.209 e. The molecule has 0 aliphatic rings. The lowest BCUT2D eigenvalue weighted by molar-refractivity contribution is 0.414. The SMILES string of the molecule is COc1cccc(CSc2n[nH]c(-c3ccc(Cl)cc3)n2)c1. The van der Waals surface area contributed by atoms with Gasteiger partial charge in [-0.15, -0.1) is 5.10 Å². The van der Waals surface area contributed by atoms with E-state index < -0.39 is 0 Å². The first-order chi connectivity index (χ1) is 10.7. The maximum atomic E-state index is 5.89. The van der Waals surface area contributed by atoms with E-state index in [0.717, 1.165) is 22.9 Å². The molecule has 112 valence electrons. The summed E-state index contributed by atoms with van der Waals surface area (Å²) in [4.78, 5) is 4.49. The average molecular weight is 332 g/mol. The van der Waals surface area contributed by atoms with Crippen molar-refractivity contribution in [1.29, 1.82) is 0 Å². The van der Waals surface area contributed by atoms with Gasteiger partial charge in [0.2, 0.25) is 5.16 Å². The number of hydrogen-bond acceptors (Lipinski definition) is 4. The molecule has 1 N–H and O–H groups in total. The molecule has 3 rings (SSSR count). The van der Waals surface area contributed by atoms with E-state index in [1.54, 1.807) is 18.9 Å². The molecule has 22 heavy (non-hydrogen) atoms. The number of aromatic nitrogens is 3. The lowest BCUT2D eigenvalue weighted by Crippen LogP contribution is -1.86. The number of thioether (sulfide) groups is 1. The number of aromatic amines is 1. The van der Waals surface area contributed by atoms with Crippen LogP contribution in [0.15, 0.2) is 53.7 Å². The van der Waals surface area contributed by atoms with E-state index in [1.807, 2.05) is 42.5 Å². The maximum absolute atomic E-state index is 5.89. The predicted octanol–water partition coefficient (Wildman–Crippen LogP) is 4.43. The number of ether oxygens (including phenoxy) is 1. The van der Waals surface area contributed by atoms with E-state index in [-0.39, 0.29) is 0 Å². The largest absolute Gasteiger partial charge is 0.497 e. The van der Waals surface area contributed by atoms with Gasteiger partial charge in [0.05, 0.1) is 7.11 Å². The van der Waals surface area contributed by atoms with Gasteiger partial charge in [-0.1, -0.05) is 35.5 Å². The van der Waals surface area contributed by atoms with Gasteiger partial charge in [-0.2, -0.15) is 0 Å². The van der Waals surface area contributed by atoms with Gasteiger partial charge < -0.3 is 4.74 Å². The third kappa shape index (κ3) is 3.61. The fourth-order valence-corrected chi connectivity index (χ4v) is 2.83. The van der Waals surface area contributed by atoms with E-state index in [1.165, 1.54) is 5.56 Å². The number of methoxy groups -OCH3 is 1. The molecule has 0 bridgehead atoms. The second-order valence-electron chi connectivity index (χ2n) is 4.61. The van der Waals surface area contributed by atoms with Crippen molar-refractivity contribution in [2.75, 3.05) is 7.11 Å². The van der Waals surface area contributed by atoms with Gasteiger partial charge in [0.1, 0.15) is 5.75 Å². The Kier molecular flexibility index (Phi) is 4.65. The van der Waals surface area contributed by atoms with Gasteiger partial charge in [0.15, 0.2) is 5.82 Å². The lowest BCUT2D eigenvalue weighted by atomic mass is 10.2. The summed E-state index contributed by atoms with van der Waals surface area (Å²) in [6.45, 7) is 0. The van der Waals surface area contributed by atoms with E-state index in [2.05, 4.69) is 21.2 Å². The molecule has 0 aliphatic carbocycles. The van der Waals surface area contributed by atoms with E-state index in [9.17, 15) is 0 Å². The van der Waals surface area contributed by atoms with Crippen LogP contribution >= 0.6 is 23.4 Å². The van der Waals surface area contributed by atoms with Gasteiger partial charge in [-0.25, -0.2) is 4.98 Å². The van der Waals surface area contributed by atoms with Crippen molar-refractivity contribution < 1.29 is 4.74 Å². The van der Waals surface area contributed by atoms with Crippen LogP contribution in [0.5, 0.6) is 5.75 Å². The van der Waals surface area contributed by atoms with Crippen LogP contribution in [0.1, 0.15) is 5.56 Å². The molecular formula is C16H14ClN3OS. The summed E-state index contributed by atoms with van der Waals surface area (Å²) in [5, 5.41) is 8.61. The summed E-state index contributed by atoms with van der Waals surface area (Å²) in [6.07, 6.45) is 0. The Morgan fingerprint density at radius 2 is 2.00 bits per heavy atom. The Morgan fingerprint density at radius 1 is 1.18 bits per heavy atom. The second kappa shape index (κ2) is 6.85. The zero-order chi connectivity index (χ0) is 15.4. The number of H-pyrrole nitrogens is 1. The van der Waals surface area contributed by atoms with Crippen molar-refractivity contribution in [2.24, 2.45) is 0 Å². The molecule has 0 atom stereocenters. The molecule has 0 saturated carbocycles. The molecule has 0 aliphatic heterocycles. The molecule has 0 fully saturated rings. The molecule has 0 unspecified atom stereocenters. The Labute approximate surface area is 137 Å². The Bertz CT molecular complexity index is 758. The minimum Gasteiger partial charge on any atom is -0.497 e. The van der Waals surface area contributed by atoms with Gasteiger partial charge in [-0.3, -0.25) is 5.10 Å². The molecule has 1 aromatic heterocycles. The molecule has 4 nitrogen and oxygen atoms in total. The molecule has 2 aromatic carbocycles. The number of nitrogens with one attached hydrogen (secondary N) is 1. The van der Waals surface area contributed by atoms with Crippen LogP contribution in [0.3, 0.4) is 0 Å². The third-order valence-electron chi connectivity index (χ3n) is 3.08. The molecule has 3 aromatic rings. The fraction of sp³-hybridized carbons (Fsp3) is 0.125. The van der Waals surface area contributed by atoms with Gasteiger partial charge in [-0.05, 0) is 42.0 Å². The van der Waals surface area contributed by atoms with Gasteiger partial charge in [0, 0.05) is 16.3 Å². The molecule has 1 heterocycles. The first-order valence-electron chi connectivity index (χ1n) is 6.68. The molecule has 6 heteroatoms. The molecule has 0 spiro atoms. The van der Waals surface area contributed by atoms with Crippen LogP contribution in [0.2, 0.25) is 5.02 Å². The quantitative estimate of drug-likeness (QED) is 0.703. The standard InChI is InChI=1S/C16H14ClN3OS/c1-21-14-4-2-3-11(9-14)10-22-16-18-15(19-20-16)12-5-7-13(17)8-6-12/h2-9H,10H2,1H3,(H,18,19,20). The van der Waals surface area contributed by atoms with E-state index in [0.29, 0.717) is 10.2 Å². The maximum Gasteiger partial charge on any atom is 0.209 e. The van der Waals surface area contributed by atoms with Crippen LogP contribution in [-0.4, -0.2) is 22.3 Å². The molecule has 0 saturated heterocycles. The Balaban J connectivity index is 1.67. The Morgan fingerprint density at radius 3 is 2.77 bits per heavy atom. The summed E-state index contributed by atoms with van der Waals surface area (Å²) in [7, 11) is 1.67. The highest BCUT2D eigenvalue weighted by Gasteiger charge is 2.07. The van der Waals surface area contributed by atoms with Crippen LogP contribution in [0, 0.1) is 0 Å². The molecule has 0 amide bonds. The minimum absolute atomic E-state index is 0.705. The van der Waals surface area contributed by atoms with E-state index in [4.69, 9.17) is 16.3 Å². The number of rotatable bonds is 5. The fourth-order valence-electron chi connectivity index (χ4n) is 1.96. The van der Waals surface area contributed by atoms with Gasteiger partial charge >= 0.3 is 0 Å². The van der Waals surface area contributed by atoms with Crippen LogP contribution in [0.4, 0.5) is 0 Å². The van der Waals surface area contributed by atoms with Crippen LogP contribution < -0.4 is 4.74 Å². The summed E-state index contributed by atoms with van der Waals surface area (Å²) < 4.78 is 5.22. The number of hydrogen-bond donors (Lipinski definition) is 1. The highest BCUT2D eigenvalue weighted by Crippen LogP contribution is 2.24. The monoisotopic (exact) mass is 331 g/mol. The topological polar surface area (TPSA) is 50.8 Å². The van der Waals surface area contributed by atoms with Crippen molar-refractivity contribution in [2.45, 2.75) is 10.9 Å². The van der Waals surface area contributed by atoms with E-state index >= 15 is 0 Å². The zero-order valence-electron chi connectivity index (χ0n) is 11.9. The molecule has 0 radical (unpaired) electrons.